The van der Waals surface area contributed by atoms with Gasteiger partial charge in [-0.15, -0.1) is 6.58 Å². The highest BCUT2D eigenvalue weighted by Crippen LogP contribution is 2.51. The average molecular weight is 367 g/mol. The molecule has 1 aromatic carbocycles. The van der Waals surface area contributed by atoms with Gasteiger partial charge in [0.15, 0.2) is 11.7 Å². The van der Waals surface area contributed by atoms with Gasteiger partial charge < -0.3 is 14.2 Å². The smallest absolute Gasteiger partial charge is 0.195 e. The minimum Gasteiger partial charge on any atom is -0.478 e. The van der Waals surface area contributed by atoms with E-state index >= 15 is 0 Å². The first-order chi connectivity index (χ1) is 12.9. The molecule has 1 aliphatic carbocycles. The summed E-state index contributed by atoms with van der Waals surface area (Å²) in [7, 11) is 0. The first-order valence-electron chi connectivity index (χ1n) is 9.79. The summed E-state index contributed by atoms with van der Waals surface area (Å²) >= 11 is 0. The number of hydrogen-bond donors (Lipinski definition) is 0. The van der Waals surface area contributed by atoms with Crippen molar-refractivity contribution in [2.24, 2.45) is 10.4 Å². The number of hydrogen-bond acceptors (Lipinski definition) is 4. The van der Waals surface area contributed by atoms with Gasteiger partial charge in [-0.1, -0.05) is 42.5 Å². The lowest BCUT2D eigenvalue weighted by molar-refractivity contribution is -0.149. The summed E-state index contributed by atoms with van der Waals surface area (Å²) in [6.07, 6.45) is 8.09. The Morgan fingerprint density at radius 2 is 1.89 bits per heavy atom. The van der Waals surface area contributed by atoms with Crippen LogP contribution in [0, 0.1) is 5.41 Å². The first kappa shape index (κ1) is 18.5. The van der Waals surface area contributed by atoms with Gasteiger partial charge in [0.25, 0.3) is 0 Å². The Morgan fingerprint density at radius 1 is 1.15 bits per heavy atom. The molecule has 0 aromatic heterocycles. The second kappa shape index (κ2) is 6.61. The standard InChI is InChI=1S/C23H29NO3/c1-5-19-18-9-7-6-8-17(18)10-11-23(19,20-24-21(2,3)16-25-20)13-12-22(4)26-14-15-27-22/h5-11,19H,1,12-16H2,2-4H3. The van der Waals surface area contributed by atoms with Crippen LogP contribution in [0.2, 0.25) is 0 Å². The molecule has 0 bridgehead atoms. The molecule has 0 saturated carbocycles. The SMILES string of the molecule is C=CC1c2ccccc2C=CC1(CCC1(C)OCCO1)C1=NC(C)(C)CO1. The monoisotopic (exact) mass is 367 g/mol. The van der Waals surface area contributed by atoms with Crippen molar-refractivity contribution < 1.29 is 14.2 Å². The van der Waals surface area contributed by atoms with E-state index < -0.39 is 5.79 Å². The Morgan fingerprint density at radius 3 is 2.56 bits per heavy atom. The van der Waals surface area contributed by atoms with E-state index in [1.807, 2.05) is 13.0 Å². The number of nitrogens with zero attached hydrogens (tertiary/aromatic N) is 1. The number of aliphatic imine (C=N–C) groups is 1. The van der Waals surface area contributed by atoms with Crippen molar-refractivity contribution >= 4 is 12.0 Å². The van der Waals surface area contributed by atoms with Crippen molar-refractivity contribution in [2.45, 2.75) is 50.9 Å². The van der Waals surface area contributed by atoms with E-state index in [1.165, 1.54) is 11.1 Å². The lowest BCUT2D eigenvalue weighted by Gasteiger charge is -2.41. The summed E-state index contributed by atoms with van der Waals surface area (Å²) in [6, 6.07) is 8.50. The Hall–Kier alpha value is -1.91. The van der Waals surface area contributed by atoms with Crippen LogP contribution in [-0.2, 0) is 14.2 Å². The zero-order chi connectivity index (χ0) is 19.1. The van der Waals surface area contributed by atoms with Crippen LogP contribution in [0.1, 0.15) is 50.7 Å². The molecule has 1 saturated heterocycles. The van der Waals surface area contributed by atoms with Gasteiger partial charge in [0.2, 0.25) is 0 Å². The van der Waals surface area contributed by atoms with Crippen molar-refractivity contribution in [3.8, 4) is 0 Å². The van der Waals surface area contributed by atoms with E-state index in [0.29, 0.717) is 19.8 Å². The molecular weight excluding hydrogens is 338 g/mol. The zero-order valence-electron chi connectivity index (χ0n) is 16.5. The van der Waals surface area contributed by atoms with Gasteiger partial charge in [-0.3, -0.25) is 0 Å². The van der Waals surface area contributed by atoms with E-state index in [1.54, 1.807) is 0 Å². The van der Waals surface area contributed by atoms with Crippen molar-refractivity contribution in [1.29, 1.82) is 0 Å². The molecule has 3 aliphatic rings. The van der Waals surface area contributed by atoms with Crippen LogP contribution < -0.4 is 0 Å². The third-order valence-electron chi connectivity index (χ3n) is 5.94. The molecule has 4 rings (SSSR count). The largest absolute Gasteiger partial charge is 0.478 e. The predicted octanol–water partition coefficient (Wildman–Crippen LogP) is 4.72. The topological polar surface area (TPSA) is 40.0 Å². The van der Waals surface area contributed by atoms with Gasteiger partial charge in [0.05, 0.1) is 24.2 Å². The highest BCUT2D eigenvalue weighted by Gasteiger charge is 2.49. The normalized spacial score (nSPS) is 30.5. The summed E-state index contributed by atoms with van der Waals surface area (Å²) in [5.41, 5.74) is 1.92. The summed E-state index contributed by atoms with van der Waals surface area (Å²) in [5, 5.41) is 0. The minimum absolute atomic E-state index is 0.0938. The Balaban J connectivity index is 1.76. The van der Waals surface area contributed by atoms with Crippen LogP contribution in [0.25, 0.3) is 6.08 Å². The molecule has 4 nitrogen and oxygen atoms in total. The Bertz CT molecular complexity index is 789. The van der Waals surface area contributed by atoms with Crippen molar-refractivity contribution in [3.05, 3.63) is 54.1 Å². The maximum Gasteiger partial charge on any atom is 0.195 e. The summed E-state index contributed by atoms with van der Waals surface area (Å²) < 4.78 is 17.9. The van der Waals surface area contributed by atoms with Gasteiger partial charge in [-0.25, -0.2) is 4.99 Å². The van der Waals surface area contributed by atoms with Crippen molar-refractivity contribution in [2.75, 3.05) is 19.8 Å². The van der Waals surface area contributed by atoms with Crippen molar-refractivity contribution in [3.63, 3.8) is 0 Å². The van der Waals surface area contributed by atoms with Crippen LogP contribution in [0.15, 0.2) is 48.0 Å². The number of benzene rings is 1. The van der Waals surface area contributed by atoms with Crippen LogP contribution in [0.3, 0.4) is 0 Å². The average Bonchev–Trinajstić information content (AvgIpc) is 3.25. The fourth-order valence-electron chi connectivity index (χ4n) is 4.41. The maximum absolute atomic E-state index is 6.18. The molecule has 0 spiro atoms. The molecule has 2 unspecified atom stereocenters. The van der Waals surface area contributed by atoms with Gasteiger partial charge in [0, 0.05) is 12.3 Å². The molecule has 144 valence electrons. The molecule has 1 aromatic rings. The molecule has 2 atom stereocenters. The number of allylic oxidation sites excluding steroid dienone is 1. The first-order valence-corrected chi connectivity index (χ1v) is 9.79. The third kappa shape index (κ3) is 3.26. The molecule has 4 heteroatoms. The van der Waals surface area contributed by atoms with E-state index in [4.69, 9.17) is 19.2 Å². The van der Waals surface area contributed by atoms with Gasteiger partial charge in [-0.05, 0) is 38.3 Å². The highest BCUT2D eigenvalue weighted by atomic mass is 16.7. The third-order valence-corrected chi connectivity index (χ3v) is 5.94. The quantitative estimate of drug-likeness (QED) is 0.707. The maximum atomic E-state index is 6.18. The fraction of sp³-hybridized carbons (Fsp3) is 0.522. The molecule has 0 amide bonds. The second-order valence-corrected chi connectivity index (χ2v) is 8.56. The number of rotatable bonds is 5. The van der Waals surface area contributed by atoms with Crippen LogP contribution in [0.4, 0.5) is 0 Å². The lowest BCUT2D eigenvalue weighted by Crippen LogP contribution is -2.39. The van der Waals surface area contributed by atoms with E-state index in [9.17, 15) is 0 Å². The second-order valence-electron chi connectivity index (χ2n) is 8.56. The van der Waals surface area contributed by atoms with E-state index in [-0.39, 0.29) is 16.9 Å². The molecule has 0 radical (unpaired) electrons. The molecule has 2 heterocycles. The number of fused-ring (bicyclic) bond motifs is 1. The summed E-state index contributed by atoms with van der Waals surface area (Å²) in [6.45, 7) is 12.3. The van der Waals surface area contributed by atoms with E-state index in [2.05, 4.69) is 56.8 Å². The lowest BCUT2D eigenvalue weighted by atomic mass is 9.64. The van der Waals surface area contributed by atoms with E-state index in [0.717, 1.165) is 18.7 Å². The molecule has 0 N–H and O–H groups in total. The Labute approximate surface area is 161 Å². The van der Waals surface area contributed by atoms with Gasteiger partial charge in [0.1, 0.15) is 6.61 Å². The zero-order valence-corrected chi connectivity index (χ0v) is 16.5. The molecule has 1 fully saturated rings. The van der Waals surface area contributed by atoms with Gasteiger partial charge in [-0.2, -0.15) is 0 Å². The molecular formula is C23H29NO3. The van der Waals surface area contributed by atoms with Crippen molar-refractivity contribution in [1.82, 2.24) is 0 Å². The molecule has 2 aliphatic heterocycles. The predicted molar refractivity (Wildman–Crippen MR) is 108 cm³/mol. The number of ether oxygens (including phenoxy) is 3. The highest BCUT2D eigenvalue weighted by molar-refractivity contribution is 5.90. The fourth-order valence-corrected chi connectivity index (χ4v) is 4.41. The van der Waals surface area contributed by atoms with Gasteiger partial charge >= 0.3 is 0 Å². The minimum atomic E-state index is -0.543. The molecule has 27 heavy (non-hydrogen) atoms. The summed E-state index contributed by atoms with van der Waals surface area (Å²) in [4.78, 5) is 4.97. The summed E-state index contributed by atoms with van der Waals surface area (Å²) in [5.74, 6) is 0.360. The van der Waals surface area contributed by atoms with Crippen LogP contribution in [0.5, 0.6) is 0 Å². The Kier molecular flexibility index (Phi) is 4.52. The van der Waals surface area contributed by atoms with Crippen LogP contribution in [-0.4, -0.2) is 37.0 Å². The van der Waals surface area contributed by atoms with Crippen LogP contribution >= 0.6 is 0 Å².